The van der Waals surface area contributed by atoms with Gasteiger partial charge in [0.1, 0.15) is 5.75 Å². The molecule has 33 heavy (non-hydrogen) atoms. The van der Waals surface area contributed by atoms with E-state index in [0.29, 0.717) is 23.5 Å². The number of rotatable bonds is 8. The molecule has 2 bridgehead atoms. The third-order valence-corrected chi connectivity index (χ3v) is 6.72. The molecule has 0 aliphatic carbocycles. The molecule has 2 aromatic carbocycles. The van der Waals surface area contributed by atoms with E-state index in [1.54, 1.807) is 6.07 Å². The Morgan fingerprint density at radius 3 is 2.52 bits per heavy atom. The Balaban J connectivity index is 1.29. The minimum Gasteiger partial charge on any atom is -0.482 e. The minimum atomic E-state index is -0.323. The number of anilines is 1. The van der Waals surface area contributed by atoms with Crippen molar-refractivity contribution in [2.24, 2.45) is 0 Å². The molecule has 0 spiro atoms. The van der Waals surface area contributed by atoms with E-state index in [-0.39, 0.29) is 24.5 Å². The number of nitrogens with one attached hydrogen (secondary N) is 2. The number of fused-ring (bicyclic) bond motifs is 2. The maximum atomic E-state index is 12.6. The summed E-state index contributed by atoms with van der Waals surface area (Å²) in [6.07, 6.45) is 5.42. The van der Waals surface area contributed by atoms with Crippen LogP contribution >= 0.6 is 11.6 Å². The third-order valence-electron chi connectivity index (χ3n) is 6.46. The first kappa shape index (κ1) is 23.3. The first-order valence-corrected chi connectivity index (χ1v) is 11.8. The van der Waals surface area contributed by atoms with Crippen molar-refractivity contribution in [3.8, 4) is 5.75 Å². The molecule has 0 saturated carbocycles. The summed E-state index contributed by atoms with van der Waals surface area (Å²) in [4.78, 5) is 26.9. The van der Waals surface area contributed by atoms with Crippen molar-refractivity contribution in [3.05, 3.63) is 71.3 Å². The maximum Gasteiger partial charge on any atom is 0.258 e. The SMILES string of the molecule is C=CC(=O)Nc1cc(C)ccc1OCC(=O)N[C@H]1C[C@H]2CC[C@@H](C1)N2Cc1ccc(Cl)cc1. The minimum absolute atomic E-state index is 0.0969. The van der Waals surface area contributed by atoms with Gasteiger partial charge in [0.05, 0.1) is 5.69 Å². The number of halogens is 1. The predicted molar refractivity (Wildman–Crippen MR) is 130 cm³/mol. The van der Waals surface area contributed by atoms with Crippen LogP contribution in [0.25, 0.3) is 0 Å². The van der Waals surface area contributed by atoms with E-state index in [0.717, 1.165) is 42.8 Å². The van der Waals surface area contributed by atoms with Crippen molar-refractivity contribution in [1.29, 1.82) is 0 Å². The summed E-state index contributed by atoms with van der Waals surface area (Å²) in [5.41, 5.74) is 2.78. The molecule has 174 valence electrons. The van der Waals surface area contributed by atoms with Crippen LogP contribution in [0.15, 0.2) is 55.1 Å². The molecule has 2 amide bonds. The summed E-state index contributed by atoms with van der Waals surface area (Å²) in [6, 6.07) is 14.6. The Morgan fingerprint density at radius 1 is 1.15 bits per heavy atom. The van der Waals surface area contributed by atoms with Crippen LogP contribution in [-0.2, 0) is 16.1 Å². The van der Waals surface area contributed by atoms with E-state index in [1.807, 2.05) is 31.2 Å². The molecule has 2 aliphatic rings. The standard InChI is InChI=1S/C26H30ClN3O3/c1-3-25(31)29-23-12-17(2)4-11-24(23)33-16-26(32)28-20-13-21-9-10-22(14-20)30(21)15-18-5-7-19(27)8-6-18/h3-8,11-12,20-22H,1,9-10,13-16H2,2H3,(H,28,32)(H,29,31)/t20-,21+,22-. The smallest absolute Gasteiger partial charge is 0.258 e. The lowest BCUT2D eigenvalue weighted by molar-refractivity contribution is -0.124. The van der Waals surface area contributed by atoms with Gasteiger partial charge in [0.2, 0.25) is 5.91 Å². The van der Waals surface area contributed by atoms with Gasteiger partial charge in [0, 0.05) is 29.7 Å². The average Bonchev–Trinajstić information content (AvgIpc) is 3.02. The number of aryl methyl sites for hydroxylation is 1. The fourth-order valence-corrected chi connectivity index (χ4v) is 5.04. The zero-order valence-corrected chi connectivity index (χ0v) is 19.6. The van der Waals surface area contributed by atoms with E-state index in [2.05, 4.69) is 34.2 Å². The molecule has 2 fully saturated rings. The third kappa shape index (κ3) is 5.95. The summed E-state index contributed by atoms with van der Waals surface area (Å²) in [5, 5.41) is 6.64. The lowest BCUT2D eigenvalue weighted by atomic mass is 9.96. The zero-order chi connectivity index (χ0) is 23.4. The van der Waals surface area contributed by atoms with Crippen LogP contribution in [0, 0.1) is 6.92 Å². The topological polar surface area (TPSA) is 70.7 Å². The quantitative estimate of drug-likeness (QED) is 0.562. The first-order chi connectivity index (χ1) is 15.9. The number of benzene rings is 2. The average molecular weight is 468 g/mol. The van der Waals surface area contributed by atoms with Gasteiger partial charge in [-0.2, -0.15) is 0 Å². The number of nitrogens with zero attached hydrogens (tertiary/aromatic N) is 1. The molecule has 4 rings (SSSR count). The highest BCUT2D eigenvalue weighted by molar-refractivity contribution is 6.30. The molecule has 0 radical (unpaired) electrons. The van der Waals surface area contributed by atoms with E-state index in [1.165, 1.54) is 11.6 Å². The van der Waals surface area contributed by atoms with Crippen LogP contribution < -0.4 is 15.4 Å². The highest BCUT2D eigenvalue weighted by Gasteiger charge is 2.40. The zero-order valence-electron chi connectivity index (χ0n) is 18.9. The number of amides is 2. The van der Waals surface area contributed by atoms with Crippen LogP contribution in [0.5, 0.6) is 5.75 Å². The fraction of sp³-hybridized carbons (Fsp3) is 0.385. The Morgan fingerprint density at radius 2 is 1.85 bits per heavy atom. The number of hydrogen-bond donors (Lipinski definition) is 2. The lowest BCUT2D eigenvalue weighted by Crippen LogP contribution is -2.50. The largest absolute Gasteiger partial charge is 0.482 e. The normalized spacial score (nSPS) is 21.9. The van der Waals surface area contributed by atoms with Crippen LogP contribution in [0.2, 0.25) is 5.02 Å². The predicted octanol–water partition coefficient (Wildman–Crippen LogP) is 4.46. The molecular weight excluding hydrogens is 438 g/mol. The van der Waals surface area contributed by atoms with Crippen molar-refractivity contribution in [2.75, 3.05) is 11.9 Å². The number of carbonyl (C=O) groups is 2. The Kier molecular flexibility index (Phi) is 7.36. The van der Waals surface area contributed by atoms with E-state index in [4.69, 9.17) is 16.3 Å². The molecule has 6 nitrogen and oxygen atoms in total. The van der Waals surface area contributed by atoms with Gasteiger partial charge in [-0.3, -0.25) is 14.5 Å². The number of hydrogen-bond acceptors (Lipinski definition) is 4. The first-order valence-electron chi connectivity index (χ1n) is 11.4. The Labute approximate surface area is 199 Å². The van der Waals surface area contributed by atoms with Gasteiger partial charge in [-0.25, -0.2) is 0 Å². The van der Waals surface area contributed by atoms with Gasteiger partial charge in [0.15, 0.2) is 6.61 Å². The van der Waals surface area contributed by atoms with Gasteiger partial charge in [-0.1, -0.05) is 36.4 Å². The molecule has 0 aromatic heterocycles. The van der Waals surface area contributed by atoms with Gasteiger partial charge in [-0.05, 0) is 74.1 Å². The molecule has 2 aliphatic heterocycles. The second kappa shape index (κ2) is 10.4. The van der Waals surface area contributed by atoms with Crippen molar-refractivity contribution in [2.45, 2.75) is 57.3 Å². The van der Waals surface area contributed by atoms with Gasteiger partial charge < -0.3 is 15.4 Å². The molecule has 2 heterocycles. The maximum absolute atomic E-state index is 12.6. The summed E-state index contributed by atoms with van der Waals surface area (Å²) in [5.74, 6) is -0.00772. The molecule has 2 aromatic rings. The summed E-state index contributed by atoms with van der Waals surface area (Å²) in [6.45, 7) is 6.22. The van der Waals surface area contributed by atoms with E-state index < -0.39 is 0 Å². The van der Waals surface area contributed by atoms with Crippen LogP contribution in [0.3, 0.4) is 0 Å². The fourth-order valence-electron chi connectivity index (χ4n) is 4.91. The summed E-state index contributed by atoms with van der Waals surface area (Å²) >= 11 is 6.01. The molecule has 3 atom stereocenters. The summed E-state index contributed by atoms with van der Waals surface area (Å²) < 4.78 is 5.74. The molecule has 2 saturated heterocycles. The van der Waals surface area contributed by atoms with Crippen molar-refractivity contribution in [1.82, 2.24) is 10.2 Å². The number of piperidine rings is 1. The van der Waals surface area contributed by atoms with Gasteiger partial charge in [-0.15, -0.1) is 0 Å². The number of ether oxygens (including phenoxy) is 1. The van der Waals surface area contributed by atoms with Crippen LogP contribution in [0.1, 0.15) is 36.8 Å². The van der Waals surface area contributed by atoms with Crippen LogP contribution in [0.4, 0.5) is 5.69 Å². The Bertz CT molecular complexity index is 1010. The van der Waals surface area contributed by atoms with Crippen molar-refractivity contribution in [3.63, 3.8) is 0 Å². The highest BCUT2D eigenvalue weighted by Crippen LogP contribution is 2.37. The van der Waals surface area contributed by atoms with Crippen molar-refractivity contribution < 1.29 is 14.3 Å². The van der Waals surface area contributed by atoms with E-state index in [9.17, 15) is 9.59 Å². The molecule has 2 N–H and O–H groups in total. The molecule has 7 heteroatoms. The second-order valence-corrected chi connectivity index (χ2v) is 9.34. The lowest BCUT2D eigenvalue weighted by Gasteiger charge is -2.39. The summed E-state index contributed by atoms with van der Waals surface area (Å²) in [7, 11) is 0. The van der Waals surface area contributed by atoms with E-state index >= 15 is 0 Å². The van der Waals surface area contributed by atoms with Crippen molar-refractivity contribution >= 4 is 29.1 Å². The highest BCUT2D eigenvalue weighted by atomic mass is 35.5. The molecular formula is C26H30ClN3O3. The van der Waals surface area contributed by atoms with Gasteiger partial charge >= 0.3 is 0 Å². The molecule has 0 unspecified atom stereocenters. The second-order valence-electron chi connectivity index (χ2n) is 8.90. The monoisotopic (exact) mass is 467 g/mol. The van der Waals surface area contributed by atoms with Gasteiger partial charge in [0.25, 0.3) is 5.91 Å². The Hall–Kier alpha value is -2.83. The number of carbonyl (C=O) groups excluding carboxylic acids is 2. The van der Waals surface area contributed by atoms with Crippen LogP contribution in [-0.4, -0.2) is 41.4 Å².